The van der Waals surface area contributed by atoms with Crippen molar-refractivity contribution in [3.05, 3.63) is 21.9 Å². The van der Waals surface area contributed by atoms with Gasteiger partial charge in [0.15, 0.2) is 0 Å². The Morgan fingerprint density at radius 1 is 1.60 bits per heavy atom. The summed E-state index contributed by atoms with van der Waals surface area (Å²) in [6.07, 6.45) is 0. The molecule has 0 aliphatic heterocycles. The summed E-state index contributed by atoms with van der Waals surface area (Å²) in [6.45, 7) is 5.72. The Hall–Kier alpha value is -1.34. The monoisotopic (exact) mass is 222 g/mol. The quantitative estimate of drug-likeness (QED) is 0.853. The second-order valence-corrected chi connectivity index (χ2v) is 4.67. The zero-order chi connectivity index (χ0) is 11.4. The highest BCUT2D eigenvalue weighted by molar-refractivity contribution is 7.12. The van der Waals surface area contributed by atoms with Gasteiger partial charge in [-0.15, -0.1) is 11.3 Å². The molecule has 1 N–H and O–H groups in total. The Kier molecular flexibility index (Phi) is 3.87. The van der Waals surface area contributed by atoms with Gasteiger partial charge in [-0.2, -0.15) is 5.26 Å². The van der Waals surface area contributed by atoms with Crippen LogP contribution in [0.15, 0.2) is 11.4 Å². The summed E-state index contributed by atoms with van der Waals surface area (Å²) in [4.78, 5) is 12.4. The van der Waals surface area contributed by atoms with Gasteiger partial charge in [0.1, 0.15) is 6.04 Å². The first-order chi connectivity index (χ1) is 7.06. The normalized spacial score (nSPS) is 12.2. The molecule has 0 aliphatic rings. The molecular formula is C11H14N2OS. The maximum atomic E-state index is 11.7. The van der Waals surface area contributed by atoms with Gasteiger partial charge in [-0.25, -0.2) is 0 Å². The van der Waals surface area contributed by atoms with Crippen LogP contribution in [0.5, 0.6) is 0 Å². The predicted octanol–water partition coefficient (Wildman–Crippen LogP) is 2.33. The Morgan fingerprint density at radius 2 is 2.27 bits per heavy atom. The predicted molar refractivity (Wildman–Crippen MR) is 60.8 cm³/mol. The summed E-state index contributed by atoms with van der Waals surface area (Å²) >= 11 is 1.40. The number of nitrogens with zero attached hydrogens (tertiary/aromatic N) is 1. The molecule has 1 atom stereocenters. The Bertz CT molecular complexity index is 390. The van der Waals surface area contributed by atoms with Gasteiger partial charge >= 0.3 is 0 Å². The zero-order valence-corrected chi connectivity index (χ0v) is 9.89. The highest BCUT2D eigenvalue weighted by Gasteiger charge is 2.18. The summed E-state index contributed by atoms with van der Waals surface area (Å²) < 4.78 is 0. The highest BCUT2D eigenvalue weighted by atomic mass is 32.1. The lowest BCUT2D eigenvalue weighted by molar-refractivity contribution is 0.0941. The molecule has 1 heterocycles. The van der Waals surface area contributed by atoms with E-state index in [2.05, 4.69) is 11.4 Å². The fraction of sp³-hybridized carbons (Fsp3) is 0.455. The van der Waals surface area contributed by atoms with E-state index in [1.165, 1.54) is 11.3 Å². The third kappa shape index (κ3) is 2.80. The molecule has 0 bridgehead atoms. The van der Waals surface area contributed by atoms with Crippen LogP contribution in [0.3, 0.4) is 0 Å². The first-order valence-electron chi connectivity index (χ1n) is 4.80. The molecule has 1 unspecified atom stereocenters. The minimum Gasteiger partial charge on any atom is -0.335 e. The van der Waals surface area contributed by atoms with E-state index >= 15 is 0 Å². The van der Waals surface area contributed by atoms with Crippen LogP contribution in [0, 0.1) is 24.2 Å². The van der Waals surface area contributed by atoms with Crippen LogP contribution in [-0.2, 0) is 0 Å². The number of amides is 1. The van der Waals surface area contributed by atoms with E-state index in [4.69, 9.17) is 5.26 Å². The molecule has 1 amide bonds. The van der Waals surface area contributed by atoms with Gasteiger partial charge in [0.05, 0.1) is 10.9 Å². The van der Waals surface area contributed by atoms with E-state index in [9.17, 15) is 4.79 Å². The van der Waals surface area contributed by atoms with E-state index < -0.39 is 6.04 Å². The molecule has 0 saturated carbocycles. The molecule has 80 valence electrons. The fourth-order valence-corrected chi connectivity index (χ4v) is 1.99. The molecule has 1 rings (SSSR count). The van der Waals surface area contributed by atoms with Crippen LogP contribution in [-0.4, -0.2) is 11.9 Å². The minimum atomic E-state index is -0.418. The number of nitrogens with one attached hydrogen (secondary N) is 1. The number of hydrogen-bond acceptors (Lipinski definition) is 3. The molecule has 0 spiro atoms. The van der Waals surface area contributed by atoms with Crippen molar-refractivity contribution in [2.24, 2.45) is 5.92 Å². The first-order valence-corrected chi connectivity index (χ1v) is 5.68. The van der Waals surface area contributed by atoms with Crippen molar-refractivity contribution in [3.8, 4) is 6.07 Å². The Balaban J connectivity index is 2.72. The summed E-state index contributed by atoms with van der Waals surface area (Å²) in [6, 6.07) is 3.57. The van der Waals surface area contributed by atoms with Crippen molar-refractivity contribution in [3.63, 3.8) is 0 Å². The van der Waals surface area contributed by atoms with Crippen molar-refractivity contribution in [1.29, 1.82) is 5.26 Å². The standard InChI is InChI=1S/C11H14N2OS/c1-7(2)9(6-12)13-11(14)10-8(3)4-5-15-10/h4-5,7,9H,1-3H3,(H,13,14). The first kappa shape index (κ1) is 11.7. The van der Waals surface area contributed by atoms with E-state index in [-0.39, 0.29) is 11.8 Å². The maximum Gasteiger partial charge on any atom is 0.262 e. The van der Waals surface area contributed by atoms with Crippen LogP contribution in [0.4, 0.5) is 0 Å². The molecule has 0 fully saturated rings. The van der Waals surface area contributed by atoms with Crippen LogP contribution >= 0.6 is 11.3 Å². The average molecular weight is 222 g/mol. The highest BCUT2D eigenvalue weighted by Crippen LogP contribution is 2.15. The van der Waals surface area contributed by atoms with E-state index in [1.807, 2.05) is 32.2 Å². The SMILES string of the molecule is Cc1ccsc1C(=O)NC(C#N)C(C)C. The van der Waals surface area contributed by atoms with Gasteiger partial charge in [-0.3, -0.25) is 4.79 Å². The van der Waals surface area contributed by atoms with Gasteiger partial charge in [-0.1, -0.05) is 13.8 Å². The second kappa shape index (κ2) is 4.94. The van der Waals surface area contributed by atoms with E-state index in [1.54, 1.807) is 0 Å². The van der Waals surface area contributed by atoms with Crippen LogP contribution in [0.25, 0.3) is 0 Å². The Labute approximate surface area is 93.7 Å². The lowest BCUT2D eigenvalue weighted by Gasteiger charge is -2.14. The molecule has 0 aromatic carbocycles. The van der Waals surface area contributed by atoms with Crippen LogP contribution in [0.1, 0.15) is 29.1 Å². The van der Waals surface area contributed by atoms with Gasteiger partial charge in [0.25, 0.3) is 5.91 Å². The van der Waals surface area contributed by atoms with Crippen LogP contribution < -0.4 is 5.32 Å². The van der Waals surface area contributed by atoms with Gasteiger partial charge in [0.2, 0.25) is 0 Å². The van der Waals surface area contributed by atoms with Crippen molar-refractivity contribution in [2.75, 3.05) is 0 Å². The lowest BCUT2D eigenvalue weighted by Crippen LogP contribution is -2.37. The zero-order valence-electron chi connectivity index (χ0n) is 9.07. The van der Waals surface area contributed by atoms with Gasteiger partial charge < -0.3 is 5.32 Å². The minimum absolute atomic E-state index is 0.124. The van der Waals surface area contributed by atoms with Gasteiger partial charge in [-0.05, 0) is 29.9 Å². The maximum absolute atomic E-state index is 11.7. The molecule has 1 aromatic heterocycles. The van der Waals surface area contributed by atoms with Crippen LogP contribution in [0.2, 0.25) is 0 Å². The summed E-state index contributed by atoms with van der Waals surface area (Å²) in [5.41, 5.74) is 0.956. The number of hydrogen-bond donors (Lipinski definition) is 1. The largest absolute Gasteiger partial charge is 0.335 e. The summed E-state index contributed by atoms with van der Waals surface area (Å²) in [5.74, 6) is -0.0260. The Morgan fingerprint density at radius 3 is 2.67 bits per heavy atom. The molecule has 4 heteroatoms. The fourth-order valence-electron chi connectivity index (χ4n) is 1.16. The number of aryl methyl sites for hydroxylation is 1. The van der Waals surface area contributed by atoms with E-state index in [0.29, 0.717) is 4.88 Å². The molecule has 1 aromatic rings. The van der Waals surface area contributed by atoms with Gasteiger partial charge in [0, 0.05) is 0 Å². The smallest absolute Gasteiger partial charge is 0.262 e. The van der Waals surface area contributed by atoms with Crippen molar-refractivity contribution >= 4 is 17.2 Å². The van der Waals surface area contributed by atoms with Crippen molar-refractivity contribution in [1.82, 2.24) is 5.32 Å². The number of rotatable bonds is 3. The van der Waals surface area contributed by atoms with Crippen molar-refractivity contribution < 1.29 is 4.79 Å². The summed E-state index contributed by atoms with van der Waals surface area (Å²) in [5, 5.41) is 13.4. The molecule has 0 radical (unpaired) electrons. The topological polar surface area (TPSA) is 52.9 Å². The third-order valence-electron chi connectivity index (χ3n) is 2.16. The molecule has 0 aliphatic carbocycles. The average Bonchev–Trinajstić information content (AvgIpc) is 2.60. The van der Waals surface area contributed by atoms with Crippen molar-refractivity contribution in [2.45, 2.75) is 26.8 Å². The lowest BCUT2D eigenvalue weighted by atomic mass is 10.1. The summed E-state index contributed by atoms with van der Waals surface area (Å²) in [7, 11) is 0. The number of carbonyl (C=O) groups is 1. The number of thiophene rings is 1. The number of nitriles is 1. The molecular weight excluding hydrogens is 208 g/mol. The van der Waals surface area contributed by atoms with E-state index in [0.717, 1.165) is 5.56 Å². The number of carbonyl (C=O) groups excluding carboxylic acids is 1. The molecule has 15 heavy (non-hydrogen) atoms. The molecule has 0 saturated heterocycles. The third-order valence-corrected chi connectivity index (χ3v) is 3.18. The molecule has 3 nitrogen and oxygen atoms in total. The second-order valence-electron chi connectivity index (χ2n) is 3.76.